The van der Waals surface area contributed by atoms with Crippen molar-refractivity contribution < 1.29 is 4.74 Å². The quantitative estimate of drug-likeness (QED) is 0.602. The molecule has 0 radical (unpaired) electrons. The van der Waals surface area contributed by atoms with Crippen LogP contribution >= 0.6 is 11.6 Å². The molecular weight excluding hydrogens is 348 g/mol. The number of hydrogen-bond acceptors (Lipinski definition) is 3. The van der Waals surface area contributed by atoms with Gasteiger partial charge in [0.05, 0.1) is 21.9 Å². The van der Waals surface area contributed by atoms with Crippen LogP contribution in [0.1, 0.15) is 36.4 Å². The van der Waals surface area contributed by atoms with Gasteiger partial charge >= 0.3 is 5.69 Å². The van der Waals surface area contributed by atoms with Crippen LogP contribution in [0.15, 0.2) is 47.3 Å². The van der Waals surface area contributed by atoms with E-state index in [1.165, 1.54) is 18.4 Å². The predicted octanol–water partition coefficient (Wildman–Crippen LogP) is 4.50. The maximum absolute atomic E-state index is 12.9. The smallest absolute Gasteiger partial charge is 0.352 e. The number of halogens is 1. The fourth-order valence-corrected chi connectivity index (χ4v) is 3.64. The van der Waals surface area contributed by atoms with Crippen LogP contribution < -0.4 is 5.69 Å². The summed E-state index contributed by atoms with van der Waals surface area (Å²) in [7, 11) is 1.68. The van der Waals surface area contributed by atoms with Gasteiger partial charge in [0.25, 0.3) is 0 Å². The van der Waals surface area contributed by atoms with Crippen molar-refractivity contribution >= 4 is 22.5 Å². The van der Waals surface area contributed by atoms with Gasteiger partial charge in [0.2, 0.25) is 0 Å². The summed E-state index contributed by atoms with van der Waals surface area (Å²) < 4.78 is 6.79. The lowest BCUT2D eigenvalue weighted by Crippen LogP contribution is -2.24. The average Bonchev–Trinajstić information content (AvgIpc) is 3.48. The second-order valence-electron chi connectivity index (χ2n) is 6.78. The van der Waals surface area contributed by atoms with Gasteiger partial charge in [-0.05, 0) is 55.4 Å². The Morgan fingerprint density at radius 3 is 2.77 bits per heavy atom. The SMILES string of the molecule is COCCCc1nc(=O)n(-c2ccccc2Cl)c2cc(C3CC3)ccc12. The van der Waals surface area contributed by atoms with E-state index < -0.39 is 0 Å². The van der Waals surface area contributed by atoms with Crippen LogP contribution in [-0.2, 0) is 11.2 Å². The first-order valence-corrected chi connectivity index (χ1v) is 9.36. The third-order valence-electron chi connectivity index (χ3n) is 4.90. The van der Waals surface area contributed by atoms with Crippen LogP contribution in [0, 0.1) is 0 Å². The minimum atomic E-state index is -0.286. The van der Waals surface area contributed by atoms with Crippen LogP contribution in [0.4, 0.5) is 0 Å². The van der Waals surface area contributed by atoms with Crippen molar-refractivity contribution in [2.24, 2.45) is 0 Å². The Morgan fingerprint density at radius 2 is 2.04 bits per heavy atom. The van der Waals surface area contributed by atoms with Crippen molar-refractivity contribution in [1.82, 2.24) is 9.55 Å². The summed E-state index contributed by atoms with van der Waals surface area (Å²) in [5.41, 5.74) is 3.38. The average molecular weight is 369 g/mol. The van der Waals surface area contributed by atoms with Gasteiger partial charge in [0.15, 0.2) is 0 Å². The Hall–Kier alpha value is -2.17. The molecule has 0 atom stereocenters. The van der Waals surface area contributed by atoms with E-state index in [2.05, 4.69) is 23.2 Å². The molecule has 1 fully saturated rings. The topological polar surface area (TPSA) is 44.1 Å². The van der Waals surface area contributed by atoms with Crippen LogP contribution in [0.3, 0.4) is 0 Å². The summed E-state index contributed by atoms with van der Waals surface area (Å²) in [5.74, 6) is 0.610. The maximum atomic E-state index is 12.9. The number of methoxy groups -OCH3 is 1. The highest BCUT2D eigenvalue weighted by Gasteiger charge is 2.24. The van der Waals surface area contributed by atoms with Crippen LogP contribution in [0.5, 0.6) is 0 Å². The molecule has 134 valence electrons. The van der Waals surface area contributed by atoms with Gasteiger partial charge in [-0.2, -0.15) is 4.98 Å². The highest BCUT2D eigenvalue weighted by molar-refractivity contribution is 6.32. The van der Waals surface area contributed by atoms with Gasteiger partial charge in [-0.15, -0.1) is 0 Å². The van der Waals surface area contributed by atoms with Gasteiger partial charge in [0.1, 0.15) is 0 Å². The molecule has 5 heteroatoms. The number of nitrogens with zero attached hydrogens (tertiary/aromatic N) is 2. The molecule has 3 aromatic rings. The molecule has 0 amide bonds. The largest absolute Gasteiger partial charge is 0.385 e. The first-order valence-electron chi connectivity index (χ1n) is 8.98. The molecule has 26 heavy (non-hydrogen) atoms. The highest BCUT2D eigenvalue weighted by atomic mass is 35.5. The molecular formula is C21H21ClN2O2. The number of fused-ring (bicyclic) bond motifs is 1. The predicted molar refractivity (Wildman–Crippen MR) is 105 cm³/mol. The van der Waals surface area contributed by atoms with E-state index in [4.69, 9.17) is 16.3 Å². The Balaban J connectivity index is 1.94. The highest BCUT2D eigenvalue weighted by Crippen LogP contribution is 2.41. The van der Waals surface area contributed by atoms with Crippen molar-refractivity contribution in [3.8, 4) is 5.69 Å². The van der Waals surface area contributed by atoms with Crippen molar-refractivity contribution in [3.63, 3.8) is 0 Å². The first-order chi connectivity index (χ1) is 12.7. The van der Waals surface area contributed by atoms with Gasteiger partial charge in [-0.25, -0.2) is 4.79 Å². The maximum Gasteiger partial charge on any atom is 0.352 e. The van der Waals surface area contributed by atoms with E-state index in [1.807, 2.05) is 18.2 Å². The lowest BCUT2D eigenvalue weighted by Gasteiger charge is -2.15. The molecule has 0 aliphatic heterocycles. The zero-order valence-electron chi connectivity index (χ0n) is 14.7. The fraction of sp³-hybridized carbons (Fsp3) is 0.333. The summed E-state index contributed by atoms with van der Waals surface area (Å²) in [6.07, 6.45) is 3.98. The standard InChI is InChI=1S/C21H21ClN2O2/c1-26-12-4-6-18-16-11-10-15(14-8-9-14)13-20(16)24(21(25)23-18)19-7-3-2-5-17(19)22/h2-3,5,7,10-11,13-14H,4,6,8-9,12H2,1H3. The Bertz CT molecular complexity index is 1010. The van der Waals surface area contributed by atoms with E-state index >= 15 is 0 Å². The molecule has 1 aliphatic rings. The lowest BCUT2D eigenvalue weighted by atomic mass is 10.0. The van der Waals surface area contributed by atoms with E-state index in [-0.39, 0.29) is 5.69 Å². The molecule has 2 aromatic carbocycles. The Labute approximate surface area is 157 Å². The van der Waals surface area contributed by atoms with Crippen molar-refractivity contribution in [3.05, 3.63) is 69.2 Å². The van der Waals surface area contributed by atoms with Crippen molar-refractivity contribution in [2.45, 2.75) is 31.6 Å². The van der Waals surface area contributed by atoms with Crippen molar-refractivity contribution in [2.75, 3.05) is 13.7 Å². The first kappa shape index (κ1) is 17.3. The number of ether oxygens (including phenoxy) is 1. The molecule has 1 aliphatic carbocycles. The van der Waals surface area contributed by atoms with Crippen molar-refractivity contribution in [1.29, 1.82) is 0 Å². The summed E-state index contributed by atoms with van der Waals surface area (Å²) in [6.45, 7) is 0.650. The second kappa shape index (κ2) is 7.22. The number of hydrogen-bond donors (Lipinski definition) is 0. The second-order valence-corrected chi connectivity index (χ2v) is 7.18. The molecule has 0 saturated heterocycles. The summed E-state index contributed by atoms with van der Waals surface area (Å²) in [4.78, 5) is 17.3. The van der Waals surface area contributed by atoms with Crippen LogP contribution in [-0.4, -0.2) is 23.3 Å². The van der Waals surface area contributed by atoms with Gasteiger partial charge in [-0.1, -0.05) is 35.9 Å². The third-order valence-corrected chi connectivity index (χ3v) is 5.22. The number of aromatic nitrogens is 2. The molecule has 0 spiro atoms. The normalized spacial score (nSPS) is 14.1. The Kier molecular flexibility index (Phi) is 4.79. The molecule has 4 rings (SSSR count). The summed E-state index contributed by atoms with van der Waals surface area (Å²) >= 11 is 6.38. The number of rotatable bonds is 6. The molecule has 0 N–H and O–H groups in total. The summed E-state index contributed by atoms with van der Waals surface area (Å²) in [5, 5.41) is 1.55. The minimum absolute atomic E-state index is 0.286. The molecule has 1 saturated carbocycles. The molecule has 0 unspecified atom stereocenters. The third kappa shape index (κ3) is 3.27. The van der Waals surface area contributed by atoms with Crippen LogP contribution in [0.25, 0.3) is 16.6 Å². The molecule has 0 bridgehead atoms. The fourth-order valence-electron chi connectivity index (χ4n) is 3.42. The monoisotopic (exact) mass is 368 g/mol. The zero-order chi connectivity index (χ0) is 18.1. The molecule has 1 aromatic heterocycles. The molecule has 1 heterocycles. The number of aryl methyl sites for hydroxylation is 1. The van der Waals surface area contributed by atoms with E-state index in [9.17, 15) is 4.79 Å². The van der Waals surface area contributed by atoms with Gasteiger partial charge in [-0.3, -0.25) is 4.57 Å². The lowest BCUT2D eigenvalue weighted by molar-refractivity contribution is 0.195. The summed E-state index contributed by atoms with van der Waals surface area (Å²) in [6, 6.07) is 13.8. The van der Waals surface area contributed by atoms with E-state index in [1.54, 1.807) is 17.7 Å². The molecule has 4 nitrogen and oxygen atoms in total. The Morgan fingerprint density at radius 1 is 1.23 bits per heavy atom. The van der Waals surface area contributed by atoms with E-state index in [0.717, 1.165) is 23.0 Å². The number of para-hydroxylation sites is 1. The van der Waals surface area contributed by atoms with E-state index in [0.29, 0.717) is 29.7 Å². The minimum Gasteiger partial charge on any atom is -0.385 e. The number of benzene rings is 2. The van der Waals surface area contributed by atoms with Gasteiger partial charge in [0, 0.05) is 19.1 Å². The van der Waals surface area contributed by atoms with Gasteiger partial charge < -0.3 is 4.74 Å². The van der Waals surface area contributed by atoms with Crippen LogP contribution in [0.2, 0.25) is 5.02 Å². The zero-order valence-corrected chi connectivity index (χ0v) is 15.5.